The highest BCUT2D eigenvalue weighted by molar-refractivity contribution is 7.07. The molecule has 2 unspecified atom stereocenters. The molecule has 2 atom stereocenters. The SMILES string of the molecule is CCCCCCOCC(O)CNCC(O)c1ccsc1. The van der Waals surface area contributed by atoms with Crippen LogP contribution in [0, 0.1) is 0 Å². The van der Waals surface area contributed by atoms with Gasteiger partial charge in [0.05, 0.1) is 18.8 Å². The van der Waals surface area contributed by atoms with Crippen molar-refractivity contribution in [3.05, 3.63) is 22.4 Å². The normalized spacial score (nSPS) is 14.3. The summed E-state index contributed by atoms with van der Waals surface area (Å²) in [5, 5.41) is 26.5. The van der Waals surface area contributed by atoms with E-state index in [1.54, 1.807) is 11.3 Å². The molecule has 1 aromatic rings. The largest absolute Gasteiger partial charge is 0.389 e. The topological polar surface area (TPSA) is 61.7 Å². The third kappa shape index (κ3) is 7.97. The Morgan fingerprint density at radius 1 is 1.25 bits per heavy atom. The van der Waals surface area contributed by atoms with Gasteiger partial charge in [0.1, 0.15) is 0 Å². The van der Waals surface area contributed by atoms with Crippen molar-refractivity contribution in [2.45, 2.75) is 44.8 Å². The van der Waals surface area contributed by atoms with Crippen LogP contribution in [0.1, 0.15) is 44.3 Å². The van der Waals surface area contributed by atoms with E-state index in [0.717, 1.165) is 12.0 Å². The van der Waals surface area contributed by atoms with Crippen molar-refractivity contribution >= 4 is 11.3 Å². The quantitative estimate of drug-likeness (QED) is 0.519. The number of thiophene rings is 1. The third-order valence-electron chi connectivity index (χ3n) is 3.10. The molecule has 5 heteroatoms. The molecule has 0 bridgehead atoms. The second-order valence-corrected chi connectivity index (χ2v) is 5.80. The molecule has 116 valence electrons. The van der Waals surface area contributed by atoms with Crippen molar-refractivity contribution in [1.29, 1.82) is 0 Å². The van der Waals surface area contributed by atoms with E-state index < -0.39 is 12.2 Å². The van der Waals surface area contributed by atoms with Crippen LogP contribution in [0.3, 0.4) is 0 Å². The molecule has 0 saturated carbocycles. The second-order valence-electron chi connectivity index (χ2n) is 5.02. The van der Waals surface area contributed by atoms with Gasteiger partial charge in [-0.2, -0.15) is 11.3 Å². The first-order valence-electron chi connectivity index (χ1n) is 7.40. The minimum atomic E-state index is -0.518. The van der Waals surface area contributed by atoms with E-state index in [2.05, 4.69) is 12.2 Å². The molecule has 4 nitrogen and oxygen atoms in total. The predicted octanol–water partition coefficient (Wildman–Crippen LogP) is 2.33. The fourth-order valence-electron chi connectivity index (χ4n) is 1.88. The Hall–Kier alpha value is -0.460. The molecule has 20 heavy (non-hydrogen) atoms. The third-order valence-corrected chi connectivity index (χ3v) is 3.80. The molecule has 0 amide bonds. The summed E-state index contributed by atoms with van der Waals surface area (Å²) in [6.07, 6.45) is 3.69. The first-order chi connectivity index (χ1) is 9.74. The monoisotopic (exact) mass is 301 g/mol. The summed E-state index contributed by atoms with van der Waals surface area (Å²) < 4.78 is 5.42. The maximum absolute atomic E-state index is 9.85. The molecule has 0 aliphatic rings. The lowest BCUT2D eigenvalue weighted by Gasteiger charge is -2.14. The molecule has 1 heterocycles. The van der Waals surface area contributed by atoms with Crippen molar-refractivity contribution in [1.82, 2.24) is 5.32 Å². The zero-order valence-corrected chi connectivity index (χ0v) is 13.1. The van der Waals surface area contributed by atoms with Gasteiger partial charge in [-0.15, -0.1) is 0 Å². The van der Waals surface area contributed by atoms with Crippen molar-refractivity contribution in [2.75, 3.05) is 26.3 Å². The number of rotatable bonds is 12. The number of ether oxygens (including phenoxy) is 1. The molecule has 0 radical (unpaired) electrons. The summed E-state index contributed by atoms with van der Waals surface area (Å²) >= 11 is 1.57. The van der Waals surface area contributed by atoms with Gasteiger partial charge < -0.3 is 20.3 Å². The zero-order valence-electron chi connectivity index (χ0n) is 12.3. The number of hydrogen-bond acceptors (Lipinski definition) is 5. The summed E-state index contributed by atoms with van der Waals surface area (Å²) in [7, 11) is 0. The predicted molar refractivity (Wildman–Crippen MR) is 83.1 cm³/mol. The van der Waals surface area contributed by atoms with E-state index in [4.69, 9.17) is 4.74 Å². The molecule has 1 rings (SSSR count). The van der Waals surface area contributed by atoms with Crippen molar-refractivity contribution in [3.8, 4) is 0 Å². The number of unbranched alkanes of at least 4 members (excludes halogenated alkanes) is 3. The van der Waals surface area contributed by atoms with Gasteiger partial charge in [0.2, 0.25) is 0 Å². The summed E-state index contributed by atoms with van der Waals surface area (Å²) in [4.78, 5) is 0. The minimum Gasteiger partial charge on any atom is -0.389 e. The first kappa shape index (κ1) is 17.6. The van der Waals surface area contributed by atoms with Gasteiger partial charge >= 0.3 is 0 Å². The molecule has 0 aromatic carbocycles. The van der Waals surface area contributed by atoms with E-state index in [-0.39, 0.29) is 0 Å². The molecule has 0 spiro atoms. The van der Waals surface area contributed by atoms with Crippen LogP contribution in [-0.2, 0) is 4.74 Å². The summed E-state index contributed by atoms with van der Waals surface area (Å²) in [6, 6.07) is 1.91. The van der Waals surface area contributed by atoms with E-state index in [0.29, 0.717) is 26.3 Å². The highest BCUT2D eigenvalue weighted by Gasteiger charge is 2.09. The van der Waals surface area contributed by atoms with Gasteiger partial charge in [-0.1, -0.05) is 26.2 Å². The van der Waals surface area contributed by atoms with Gasteiger partial charge in [-0.05, 0) is 28.8 Å². The number of hydrogen-bond donors (Lipinski definition) is 3. The Morgan fingerprint density at radius 2 is 2.10 bits per heavy atom. The molecule has 0 fully saturated rings. The van der Waals surface area contributed by atoms with Crippen LogP contribution in [0.4, 0.5) is 0 Å². The van der Waals surface area contributed by atoms with Gasteiger partial charge in [0.25, 0.3) is 0 Å². The Morgan fingerprint density at radius 3 is 2.80 bits per heavy atom. The van der Waals surface area contributed by atoms with E-state index >= 15 is 0 Å². The summed E-state index contributed by atoms with van der Waals surface area (Å²) in [5.41, 5.74) is 0.921. The average Bonchev–Trinajstić information content (AvgIpc) is 2.96. The Balaban J connectivity index is 1.96. The summed E-state index contributed by atoms with van der Waals surface area (Å²) in [5.74, 6) is 0. The Kier molecular flexibility index (Phi) is 9.87. The van der Waals surface area contributed by atoms with Crippen LogP contribution in [0.2, 0.25) is 0 Å². The Bertz CT molecular complexity index is 319. The molecule has 0 aliphatic carbocycles. The van der Waals surface area contributed by atoms with Gasteiger partial charge in [-0.3, -0.25) is 0 Å². The number of nitrogens with one attached hydrogen (secondary N) is 1. The van der Waals surface area contributed by atoms with Crippen LogP contribution in [0.15, 0.2) is 16.8 Å². The number of aliphatic hydroxyl groups excluding tert-OH is 2. The zero-order chi connectivity index (χ0) is 14.6. The lowest BCUT2D eigenvalue weighted by atomic mass is 10.2. The lowest BCUT2D eigenvalue weighted by Crippen LogP contribution is -2.33. The van der Waals surface area contributed by atoms with Crippen molar-refractivity contribution < 1.29 is 14.9 Å². The van der Waals surface area contributed by atoms with Gasteiger partial charge in [0, 0.05) is 19.7 Å². The second kappa shape index (κ2) is 11.2. The fraction of sp³-hybridized carbons (Fsp3) is 0.733. The standard InChI is InChI=1S/C15H27NO3S/c1-2-3-4-5-7-19-11-14(17)9-16-10-15(18)13-6-8-20-12-13/h6,8,12,14-18H,2-5,7,9-11H2,1H3. The smallest absolute Gasteiger partial charge is 0.0922 e. The van der Waals surface area contributed by atoms with Gasteiger partial charge in [0.15, 0.2) is 0 Å². The molecular weight excluding hydrogens is 274 g/mol. The highest BCUT2D eigenvalue weighted by atomic mass is 32.1. The molecular formula is C15H27NO3S. The van der Waals surface area contributed by atoms with Crippen LogP contribution in [0.25, 0.3) is 0 Å². The maximum atomic E-state index is 9.85. The molecule has 1 aromatic heterocycles. The Labute approximate surface area is 125 Å². The molecule has 0 aliphatic heterocycles. The van der Waals surface area contributed by atoms with Crippen LogP contribution < -0.4 is 5.32 Å². The van der Waals surface area contributed by atoms with E-state index in [9.17, 15) is 10.2 Å². The highest BCUT2D eigenvalue weighted by Crippen LogP contribution is 2.14. The fourth-order valence-corrected chi connectivity index (χ4v) is 2.59. The van der Waals surface area contributed by atoms with Crippen LogP contribution >= 0.6 is 11.3 Å². The number of aliphatic hydroxyl groups is 2. The summed E-state index contributed by atoms with van der Waals surface area (Å²) in [6.45, 7) is 4.14. The van der Waals surface area contributed by atoms with Crippen LogP contribution in [0.5, 0.6) is 0 Å². The molecule has 3 N–H and O–H groups in total. The van der Waals surface area contributed by atoms with Crippen molar-refractivity contribution in [3.63, 3.8) is 0 Å². The minimum absolute atomic E-state index is 0.355. The molecule has 0 saturated heterocycles. The average molecular weight is 301 g/mol. The maximum Gasteiger partial charge on any atom is 0.0922 e. The van der Waals surface area contributed by atoms with Crippen LogP contribution in [-0.4, -0.2) is 42.6 Å². The van der Waals surface area contributed by atoms with E-state index in [1.807, 2.05) is 16.8 Å². The van der Waals surface area contributed by atoms with Crippen molar-refractivity contribution in [2.24, 2.45) is 0 Å². The van der Waals surface area contributed by atoms with E-state index in [1.165, 1.54) is 19.3 Å². The lowest BCUT2D eigenvalue weighted by molar-refractivity contribution is 0.0338. The van der Waals surface area contributed by atoms with Gasteiger partial charge in [-0.25, -0.2) is 0 Å². The first-order valence-corrected chi connectivity index (χ1v) is 8.35.